The third-order valence-electron chi connectivity index (χ3n) is 2.82. The summed E-state index contributed by atoms with van der Waals surface area (Å²) in [6.45, 7) is 7.58. The van der Waals surface area contributed by atoms with Crippen molar-refractivity contribution in [2.24, 2.45) is 10.9 Å². The molecule has 0 bridgehead atoms. The average molecular weight is 272 g/mol. The highest BCUT2D eigenvalue weighted by molar-refractivity contribution is 5.81. The molecule has 0 aromatic carbocycles. The largest absolute Gasteiger partial charge is 0.444 e. The van der Waals surface area contributed by atoms with E-state index < -0.39 is 5.60 Å². The van der Waals surface area contributed by atoms with Crippen molar-refractivity contribution in [2.45, 2.75) is 45.3 Å². The summed E-state index contributed by atoms with van der Waals surface area (Å²) in [6.07, 6.45) is 1.29. The second-order valence-electron chi connectivity index (χ2n) is 5.79. The van der Waals surface area contributed by atoms with Gasteiger partial charge < -0.3 is 21.0 Å². The van der Waals surface area contributed by atoms with E-state index >= 15 is 0 Å². The Morgan fingerprint density at radius 2 is 2.05 bits per heavy atom. The normalized spacial score (nSPS) is 19.2. The van der Waals surface area contributed by atoms with Crippen LogP contribution in [0.1, 0.15) is 33.6 Å². The highest BCUT2D eigenvalue weighted by atomic mass is 16.6. The van der Waals surface area contributed by atoms with Crippen molar-refractivity contribution in [2.75, 3.05) is 19.6 Å². The van der Waals surface area contributed by atoms with Gasteiger partial charge >= 0.3 is 6.09 Å². The minimum Gasteiger partial charge on any atom is -0.444 e. The van der Waals surface area contributed by atoms with Gasteiger partial charge in [-0.2, -0.15) is 0 Å². The molecule has 7 nitrogen and oxygen atoms in total. The van der Waals surface area contributed by atoms with Crippen LogP contribution in [0.3, 0.4) is 0 Å². The predicted molar refractivity (Wildman–Crippen MR) is 72.2 cm³/mol. The summed E-state index contributed by atoms with van der Waals surface area (Å²) >= 11 is 0. The van der Waals surface area contributed by atoms with Gasteiger partial charge in [-0.1, -0.05) is 5.16 Å². The van der Waals surface area contributed by atoms with Crippen LogP contribution in [0.5, 0.6) is 0 Å². The van der Waals surface area contributed by atoms with E-state index in [1.807, 2.05) is 20.8 Å². The second kappa shape index (κ2) is 6.60. The van der Waals surface area contributed by atoms with Crippen molar-refractivity contribution < 1.29 is 14.7 Å². The maximum atomic E-state index is 11.6. The Hall–Kier alpha value is -1.50. The minimum absolute atomic E-state index is 0.124. The van der Waals surface area contributed by atoms with Crippen LogP contribution < -0.4 is 11.1 Å². The predicted octanol–water partition coefficient (Wildman–Crippen LogP) is 0.722. The van der Waals surface area contributed by atoms with E-state index in [-0.39, 0.29) is 18.0 Å². The number of amides is 1. The fourth-order valence-electron chi connectivity index (χ4n) is 1.97. The lowest BCUT2D eigenvalue weighted by Gasteiger charge is -2.32. The topological polar surface area (TPSA) is 100 Å². The molecule has 1 rings (SSSR count). The zero-order valence-electron chi connectivity index (χ0n) is 11.8. The zero-order chi connectivity index (χ0) is 14.5. The Kier molecular flexibility index (Phi) is 5.41. The Bertz CT molecular complexity index is 330. The minimum atomic E-state index is -0.475. The Balaban J connectivity index is 2.29. The van der Waals surface area contributed by atoms with E-state index in [9.17, 15) is 4.79 Å². The number of rotatable bonds is 3. The summed E-state index contributed by atoms with van der Waals surface area (Å²) in [5.74, 6) is 0.207. The Morgan fingerprint density at radius 1 is 1.47 bits per heavy atom. The van der Waals surface area contributed by atoms with Crippen molar-refractivity contribution in [3.63, 3.8) is 0 Å². The van der Waals surface area contributed by atoms with Gasteiger partial charge in [-0.25, -0.2) is 4.79 Å². The summed E-state index contributed by atoms with van der Waals surface area (Å²) in [7, 11) is 0. The van der Waals surface area contributed by atoms with Crippen LogP contribution in [0.25, 0.3) is 0 Å². The van der Waals surface area contributed by atoms with Crippen molar-refractivity contribution in [1.29, 1.82) is 0 Å². The number of amidine groups is 1. The first-order valence-corrected chi connectivity index (χ1v) is 6.48. The SMILES string of the molecule is CC(C)(C)OC(=O)NC1CCN(CC(N)=NO)CC1. The van der Waals surface area contributed by atoms with Gasteiger partial charge in [-0.15, -0.1) is 0 Å². The molecule has 110 valence electrons. The van der Waals surface area contributed by atoms with E-state index in [1.54, 1.807) is 0 Å². The number of hydrogen-bond acceptors (Lipinski definition) is 5. The number of hydrogen-bond donors (Lipinski definition) is 3. The molecule has 1 saturated heterocycles. The summed E-state index contributed by atoms with van der Waals surface area (Å²) in [5.41, 5.74) is 4.98. The van der Waals surface area contributed by atoms with Crippen molar-refractivity contribution in [1.82, 2.24) is 10.2 Å². The zero-order valence-corrected chi connectivity index (χ0v) is 11.8. The van der Waals surface area contributed by atoms with Gasteiger partial charge in [0.2, 0.25) is 0 Å². The highest BCUT2D eigenvalue weighted by Gasteiger charge is 2.23. The molecule has 0 aromatic heterocycles. The van der Waals surface area contributed by atoms with Crippen LogP contribution >= 0.6 is 0 Å². The van der Waals surface area contributed by atoms with Gasteiger partial charge in [-0.3, -0.25) is 4.90 Å². The van der Waals surface area contributed by atoms with E-state index in [1.165, 1.54) is 0 Å². The molecular weight excluding hydrogens is 248 g/mol. The smallest absolute Gasteiger partial charge is 0.407 e. The molecule has 7 heteroatoms. The summed E-state index contributed by atoms with van der Waals surface area (Å²) in [4.78, 5) is 13.7. The van der Waals surface area contributed by atoms with Gasteiger partial charge in [0.25, 0.3) is 0 Å². The number of nitrogens with zero attached hydrogens (tertiary/aromatic N) is 2. The van der Waals surface area contributed by atoms with Gasteiger partial charge in [0.05, 0.1) is 6.54 Å². The molecule has 1 aliphatic rings. The molecule has 0 spiro atoms. The molecule has 1 heterocycles. The molecule has 19 heavy (non-hydrogen) atoms. The number of ether oxygens (including phenoxy) is 1. The van der Waals surface area contributed by atoms with Gasteiger partial charge in [0.15, 0.2) is 5.84 Å². The molecule has 1 aliphatic heterocycles. The standard InChI is InChI=1S/C12H24N4O3/c1-12(2,3)19-11(17)14-9-4-6-16(7-5-9)8-10(13)15-18/h9,18H,4-8H2,1-3H3,(H2,13,15)(H,14,17). The fraction of sp³-hybridized carbons (Fsp3) is 0.833. The van der Waals surface area contributed by atoms with Crippen LogP contribution in [-0.2, 0) is 4.74 Å². The van der Waals surface area contributed by atoms with Crippen LogP contribution in [0.2, 0.25) is 0 Å². The third-order valence-corrected chi connectivity index (χ3v) is 2.82. The van der Waals surface area contributed by atoms with Crippen LogP contribution in [-0.4, -0.2) is 53.3 Å². The lowest BCUT2D eigenvalue weighted by Crippen LogP contribution is -2.47. The summed E-state index contributed by atoms with van der Waals surface area (Å²) < 4.78 is 5.21. The maximum Gasteiger partial charge on any atom is 0.407 e. The fourth-order valence-corrected chi connectivity index (χ4v) is 1.97. The molecule has 0 radical (unpaired) electrons. The number of nitrogens with two attached hydrogens (primary N) is 1. The molecule has 0 atom stereocenters. The number of carbonyl (C=O) groups excluding carboxylic acids is 1. The van der Waals surface area contributed by atoms with Crippen LogP contribution in [0, 0.1) is 0 Å². The molecular formula is C12H24N4O3. The van der Waals surface area contributed by atoms with Crippen molar-refractivity contribution >= 4 is 11.9 Å². The molecule has 4 N–H and O–H groups in total. The summed E-state index contributed by atoms with van der Waals surface area (Å²) in [5, 5.41) is 14.3. The van der Waals surface area contributed by atoms with E-state index in [0.29, 0.717) is 6.54 Å². The van der Waals surface area contributed by atoms with Gasteiger partial charge in [0.1, 0.15) is 5.60 Å². The number of alkyl carbamates (subject to hydrolysis) is 1. The lowest BCUT2D eigenvalue weighted by molar-refractivity contribution is 0.0481. The van der Waals surface area contributed by atoms with Crippen LogP contribution in [0.15, 0.2) is 5.16 Å². The van der Waals surface area contributed by atoms with E-state index in [2.05, 4.69) is 15.4 Å². The molecule has 0 saturated carbocycles. The Morgan fingerprint density at radius 3 is 2.53 bits per heavy atom. The van der Waals surface area contributed by atoms with Crippen molar-refractivity contribution in [3.05, 3.63) is 0 Å². The number of piperidine rings is 1. The number of likely N-dealkylation sites (tertiary alicyclic amines) is 1. The lowest BCUT2D eigenvalue weighted by atomic mass is 10.1. The Labute approximate surface area is 113 Å². The average Bonchev–Trinajstić information content (AvgIpc) is 2.29. The molecule has 0 aromatic rings. The number of carbonyl (C=O) groups is 1. The number of oxime groups is 1. The van der Waals surface area contributed by atoms with Gasteiger partial charge in [0, 0.05) is 19.1 Å². The molecule has 0 aliphatic carbocycles. The third kappa shape index (κ3) is 6.28. The van der Waals surface area contributed by atoms with Crippen LogP contribution in [0.4, 0.5) is 4.79 Å². The first kappa shape index (κ1) is 15.6. The van der Waals surface area contributed by atoms with Gasteiger partial charge in [-0.05, 0) is 33.6 Å². The molecule has 1 fully saturated rings. The highest BCUT2D eigenvalue weighted by Crippen LogP contribution is 2.12. The monoisotopic (exact) mass is 272 g/mol. The number of nitrogens with one attached hydrogen (secondary N) is 1. The van der Waals surface area contributed by atoms with E-state index in [0.717, 1.165) is 25.9 Å². The molecule has 1 amide bonds. The first-order chi connectivity index (χ1) is 8.80. The van der Waals surface area contributed by atoms with Crippen molar-refractivity contribution in [3.8, 4) is 0 Å². The second-order valence-corrected chi connectivity index (χ2v) is 5.79. The molecule has 0 unspecified atom stereocenters. The maximum absolute atomic E-state index is 11.6. The first-order valence-electron chi connectivity index (χ1n) is 6.48. The quantitative estimate of drug-likeness (QED) is 0.304. The van der Waals surface area contributed by atoms with E-state index in [4.69, 9.17) is 15.7 Å². The summed E-state index contributed by atoms with van der Waals surface area (Å²) in [6, 6.07) is 0.124.